The average molecular weight is 720 g/mol. The number of primary amides is 1. The number of carbonyl (C=O) groups excluding carboxylic acids is 3. The summed E-state index contributed by atoms with van der Waals surface area (Å²) in [4.78, 5) is 39.6. The van der Waals surface area contributed by atoms with Gasteiger partial charge in [-0.1, -0.05) is 89.1 Å². The maximum absolute atomic E-state index is 13.8. The second-order valence-electron chi connectivity index (χ2n) is 13.1. The predicted octanol–water partition coefficient (Wildman–Crippen LogP) is 6.52. The van der Waals surface area contributed by atoms with Gasteiger partial charge < -0.3 is 30.0 Å². The van der Waals surface area contributed by atoms with Crippen molar-refractivity contribution in [1.82, 2.24) is 5.32 Å². The van der Waals surface area contributed by atoms with Crippen LogP contribution in [-0.2, 0) is 33.3 Å². The van der Waals surface area contributed by atoms with Crippen molar-refractivity contribution < 1.29 is 33.3 Å². The molecule has 0 saturated carbocycles. The first-order valence-corrected chi connectivity index (χ1v) is 19.6. The number of nitrogens with one attached hydrogen (secondary N) is 1. The van der Waals surface area contributed by atoms with Crippen LogP contribution in [0.1, 0.15) is 97.0 Å². The highest BCUT2D eigenvalue weighted by Crippen LogP contribution is 2.34. The lowest BCUT2D eigenvalue weighted by atomic mass is 9.79. The number of hydrogen-bond donors (Lipinski definition) is 2. The van der Waals surface area contributed by atoms with E-state index in [4.69, 9.17) is 24.7 Å². The van der Waals surface area contributed by atoms with Crippen LogP contribution in [0.4, 0.5) is 0 Å². The smallest absolute Gasteiger partial charge is 0.222 e. The molecule has 3 N–H and O–H groups in total. The van der Waals surface area contributed by atoms with Crippen LogP contribution in [0.3, 0.4) is 0 Å². The summed E-state index contributed by atoms with van der Waals surface area (Å²) in [6.45, 7) is 11.8. The number of amides is 2. The molecule has 0 radical (unpaired) electrons. The van der Waals surface area contributed by atoms with Gasteiger partial charge in [0.15, 0.2) is 5.12 Å². The topological polar surface area (TPSA) is 150 Å². The van der Waals surface area contributed by atoms with Gasteiger partial charge in [0.05, 0.1) is 52.3 Å². The third-order valence-corrected chi connectivity index (χ3v) is 10.5. The minimum absolute atomic E-state index is 0.0116. The first-order chi connectivity index (χ1) is 24.2. The summed E-state index contributed by atoms with van der Waals surface area (Å²) in [6, 6.07) is 12.5. The summed E-state index contributed by atoms with van der Waals surface area (Å²) in [5.41, 5.74) is 7.10. The van der Waals surface area contributed by atoms with Crippen LogP contribution in [0.15, 0.2) is 30.3 Å². The maximum atomic E-state index is 13.8. The number of thioether (sulfide) groups is 1. The first kappa shape index (κ1) is 45.5. The van der Waals surface area contributed by atoms with Crippen molar-refractivity contribution in [3.05, 3.63) is 35.9 Å². The Labute approximate surface area is 306 Å². The molecule has 0 bridgehead atoms. The molecule has 0 fully saturated rings. The monoisotopic (exact) mass is 719 g/mol. The molecule has 0 aromatic heterocycles. The van der Waals surface area contributed by atoms with Crippen molar-refractivity contribution in [1.29, 1.82) is 5.26 Å². The fourth-order valence-corrected chi connectivity index (χ4v) is 7.20. The quantitative estimate of drug-likeness (QED) is 0.0818. The lowest BCUT2D eigenvalue weighted by molar-refractivity contribution is -0.126. The number of ether oxygens (including phenoxy) is 4. The Morgan fingerprint density at radius 1 is 0.860 bits per heavy atom. The van der Waals surface area contributed by atoms with E-state index in [-0.39, 0.29) is 29.3 Å². The van der Waals surface area contributed by atoms with Crippen LogP contribution in [0, 0.1) is 40.9 Å². The Balaban J connectivity index is 2.82. The van der Waals surface area contributed by atoms with Crippen LogP contribution < -0.4 is 11.1 Å². The number of unbranched alkanes of at least 4 members (excludes halogenated alkanes) is 1. The highest BCUT2D eigenvalue weighted by Gasteiger charge is 2.32. The number of benzene rings is 1. The second kappa shape index (κ2) is 29.1. The molecule has 0 aliphatic carbocycles. The zero-order valence-corrected chi connectivity index (χ0v) is 32.2. The van der Waals surface area contributed by atoms with E-state index in [1.165, 1.54) is 17.3 Å². The fourth-order valence-electron chi connectivity index (χ4n) is 5.97. The van der Waals surface area contributed by atoms with Gasteiger partial charge in [-0.15, -0.1) is 0 Å². The third kappa shape index (κ3) is 20.4. The van der Waals surface area contributed by atoms with Gasteiger partial charge in [-0.3, -0.25) is 14.4 Å². The summed E-state index contributed by atoms with van der Waals surface area (Å²) in [5, 5.41) is 13.0. The van der Waals surface area contributed by atoms with Gasteiger partial charge in [0, 0.05) is 43.1 Å². The molecule has 1 aromatic rings. The maximum Gasteiger partial charge on any atom is 0.222 e. The van der Waals surface area contributed by atoms with E-state index in [9.17, 15) is 19.6 Å². The molecule has 1 aromatic carbocycles. The lowest BCUT2D eigenvalue weighted by Crippen LogP contribution is -2.35. The zero-order chi connectivity index (χ0) is 37.0. The largest absolute Gasteiger partial charge is 0.382 e. The van der Waals surface area contributed by atoms with E-state index in [1.807, 2.05) is 25.1 Å². The number of nitrogens with two attached hydrogens (primary N) is 1. The molecule has 0 saturated heterocycles. The van der Waals surface area contributed by atoms with Crippen LogP contribution >= 0.6 is 11.8 Å². The Bertz CT molecular complexity index is 1090. The third-order valence-electron chi connectivity index (χ3n) is 9.20. The van der Waals surface area contributed by atoms with Gasteiger partial charge in [-0.25, -0.2) is 0 Å². The number of nitrogens with zero attached hydrogens (tertiary/aromatic N) is 1. The second-order valence-corrected chi connectivity index (χ2v) is 14.2. The minimum atomic E-state index is -0.646. The van der Waals surface area contributed by atoms with Gasteiger partial charge in [0.25, 0.3) is 0 Å². The van der Waals surface area contributed by atoms with Crippen LogP contribution in [0.25, 0.3) is 0 Å². The van der Waals surface area contributed by atoms with Crippen LogP contribution in [-0.4, -0.2) is 82.6 Å². The van der Waals surface area contributed by atoms with Crippen molar-refractivity contribution in [2.75, 3.05) is 65.7 Å². The number of rotatable bonds is 31. The number of nitriles is 1. The number of hydrogen-bond acceptors (Lipinski definition) is 9. The minimum Gasteiger partial charge on any atom is -0.382 e. The standard InChI is InChI=1S/C39H65N3O7S/c1-6-9-13-31(7-2)29-50-39(45)36(24-30(4)38(44)42-16-17-47-20-21-49-23-22-48-19-18-46-5)27-35(37(41)43)26-32(28-40)25-33(8-3)34-14-11-10-12-15-34/h10-12,14-15,30-33,35-36H,6-9,13,16-27,29H2,1-5H3,(H2,41,43)(H,42,44). The molecule has 284 valence electrons. The summed E-state index contributed by atoms with van der Waals surface area (Å²) in [7, 11) is 1.63. The molecule has 50 heavy (non-hydrogen) atoms. The van der Waals surface area contributed by atoms with Gasteiger partial charge in [-0.05, 0) is 55.9 Å². The highest BCUT2D eigenvalue weighted by atomic mass is 32.2. The van der Waals surface area contributed by atoms with Gasteiger partial charge in [0.2, 0.25) is 11.8 Å². The fraction of sp³-hybridized carbons (Fsp3) is 0.744. The summed E-state index contributed by atoms with van der Waals surface area (Å²) in [5.74, 6) is -1.38. The molecule has 6 atom stereocenters. The van der Waals surface area contributed by atoms with E-state index in [1.54, 1.807) is 7.11 Å². The van der Waals surface area contributed by atoms with Crippen LogP contribution in [0.2, 0.25) is 0 Å². The normalized spacial score (nSPS) is 15.0. The molecule has 2 amide bonds. The van der Waals surface area contributed by atoms with E-state index < -0.39 is 23.7 Å². The van der Waals surface area contributed by atoms with Gasteiger partial charge >= 0.3 is 0 Å². The SMILES string of the molecule is CCCCC(CC)CSC(=O)C(CC(C)C(=O)NCCOCCOCCOCCOC)CC(CC(C#N)CC(CC)c1ccccc1)C(N)=O. The number of carbonyl (C=O) groups is 3. The van der Waals surface area contributed by atoms with Crippen molar-refractivity contribution in [2.45, 2.75) is 91.4 Å². The summed E-state index contributed by atoms with van der Waals surface area (Å²) >= 11 is 1.32. The molecule has 1 rings (SSSR count). The van der Waals surface area contributed by atoms with Crippen molar-refractivity contribution in [3.63, 3.8) is 0 Å². The molecule has 10 nitrogen and oxygen atoms in total. The molecule has 6 unspecified atom stereocenters. The average Bonchev–Trinajstić information content (AvgIpc) is 3.12. The lowest BCUT2D eigenvalue weighted by Gasteiger charge is -2.26. The van der Waals surface area contributed by atoms with Crippen molar-refractivity contribution in [2.24, 2.45) is 35.3 Å². The highest BCUT2D eigenvalue weighted by molar-refractivity contribution is 8.13. The molecule has 0 spiro atoms. The zero-order valence-electron chi connectivity index (χ0n) is 31.4. The van der Waals surface area contributed by atoms with Gasteiger partial charge in [0.1, 0.15) is 0 Å². The van der Waals surface area contributed by atoms with Crippen LogP contribution in [0.5, 0.6) is 0 Å². The summed E-state index contributed by atoms with van der Waals surface area (Å²) < 4.78 is 21.3. The molecule has 0 heterocycles. The van der Waals surface area contributed by atoms with Gasteiger partial charge in [-0.2, -0.15) is 5.26 Å². The number of methoxy groups -OCH3 is 1. The Kier molecular flexibility index (Phi) is 26.5. The molecular formula is C39H65N3O7S. The predicted molar refractivity (Wildman–Crippen MR) is 200 cm³/mol. The molecule has 11 heteroatoms. The molecule has 0 aliphatic rings. The van der Waals surface area contributed by atoms with Crippen molar-refractivity contribution >= 4 is 28.7 Å². The summed E-state index contributed by atoms with van der Waals surface area (Å²) in [6.07, 6.45) is 6.60. The first-order valence-electron chi connectivity index (χ1n) is 18.6. The Hall–Kier alpha value is -2.49. The van der Waals surface area contributed by atoms with E-state index in [0.717, 1.165) is 32.1 Å². The van der Waals surface area contributed by atoms with E-state index in [2.05, 4.69) is 44.3 Å². The Morgan fingerprint density at radius 3 is 2.06 bits per heavy atom. The van der Waals surface area contributed by atoms with Crippen molar-refractivity contribution in [3.8, 4) is 6.07 Å². The molecular weight excluding hydrogens is 655 g/mol. The van der Waals surface area contributed by atoms with E-state index >= 15 is 0 Å². The molecule has 0 aliphatic heterocycles. The van der Waals surface area contributed by atoms with E-state index in [0.29, 0.717) is 83.7 Å². The Morgan fingerprint density at radius 2 is 1.50 bits per heavy atom.